The van der Waals surface area contributed by atoms with Crippen LogP contribution in [0.4, 0.5) is 0 Å². The Balaban J connectivity index is 1.57. The summed E-state index contributed by atoms with van der Waals surface area (Å²) in [7, 11) is 0. The Hall–Kier alpha value is -2.96. The number of ether oxygens (including phenoxy) is 1. The van der Waals surface area contributed by atoms with E-state index >= 15 is 0 Å². The SMILES string of the molecule is CCOc1ccc(CN(Cc2ccccc2)Cc2cc(=O)n3ccsc3n2)cc1. The number of hydrogen-bond acceptors (Lipinski definition) is 5. The van der Waals surface area contributed by atoms with Crippen molar-refractivity contribution in [3.05, 3.63) is 99.4 Å². The highest BCUT2D eigenvalue weighted by atomic mass is 32.1. The Bertz CT molecular complexity index is 1120. The third kappa shape index (κ3) is 4.91. The number of nitrogens with zero attached hydrogens (tertiary/aromatic N) is 3. The fourth-order valence-electron chi connectivity index (χ4n) is 3.32. The van der Waals surface area contributed by atoms with E-state index in [0.29, 0.717) is 13.2 Å². The van der Waals surface area contributed by atoms with Crippen molar-refractivity contribution in [2.45, 2.75) is 26.6 Å². The molecule has 0 aliphatic heterocycles. The van der Waals surface area contributed by atoms with Crippen molar-refractivity contribution >= 4 is 16.3 Å². The molecule has 0 N–H and O–H groups in total. The van der Waals surface area contributed by atoms with Gasteiger partial charge in [0.1, 0.15) is 5.75 Å². The predicted octanol–water partition coefficient (Wildman–Crippen LogP) is 4.36. The maximum absolute atomic E-state index is 12.4. The number of rotatable bonds is 8. The molecule has 2 heterocycles. The van der Waals surface area contributed by atoms with Crippen molar-refractivity contribution in [1.29, 1.82) is 0 Å². The normalized spacial score (nSPS) is 11.2. The molecule has 0 aliphatic carbocycles. The van der Waals surface area contributed by atoms with Gasteiger partial charge in [-0.2, -0.15) is 0 Å². The van der Waals surface area contributed by atoms with Gasteiger partial charge in [0.2, 0.25) is 0 Å². The lowest BCUT2D eigenvalue weighted by Gasteiger charge is -2.22. The fraction of sp³-hybridized carbons (Fsp3) is 0.217. The average Bonchev–Trinajstić information content (AvgIpc) is 3.20. The van der Waals surface area contributed by atoms with Crippen molar-refractivity contribution in [3.63, 3.8) is 0 Å². The van der Waals surface area contributed by atoms with Crippen molar-refractivity contribution in [2.75, 3.05) is 6.61 Å². The van der Waals surface area contributed by atoms with E-state index in [-0.39, 0.29) is 5.56 Å². The second kappa shape index (κ2) is 9.03. The van der Waals surface area contributed by atoms with E-state index in [1.54, 1.807) is 16.7 Å². The molecule has 0 amide bonds. The van der Waals surface area contributed by atoms with Gasteiger partial charge in [0.05, 0.1) is 12.3 Å². The third-order valence-corrected chi connectivity index (χ3v) is 5.39. The Kier molecular flexibility index (Phi) is 6.03. The monoisotopic (exact) mass is 405 g/mol. The van der Waals surface area contributed by atoms with Gasteiger partial charge >= 0.3 is 0 Å². The maximum atomic E-state index is 12.4. The molecule has 0 fully saturated rings. The first-order valence-electron chi connectivity index (χ1n) is 9.65. The molecule has 0 atom stereocenters. The van der Waals surface area contributed by atoms with Crippen LogP contribution in [0, 0.1) is 0 Å². The van der Waals surface area contributed by atoms with Gasteiger partial charge in [-0.15, -0.1) is 11.3 Å². The van der Waals surface area contributed by atoms with E-state index in [9.17, 15) is 4.79 Å². The maximum Gasteiger partial charge on any atom is 0.258 e. The molecule has 5 nitrogen and oxygen atoms in total. The summed E-state index contributed by atoms with van der Waals surface area (Å²) in [5.41, 5.74) is 3.18. The summed E-state index contributed by atoms with van der Waals surface area (Å²) in [4.78, 5) is 20.1. The van der Waals surface area contributed by atoms with Gasteiger partial charge in [0, 0.05) is 37.3 Å². The van der Waals surface area contributed by atoms with Crippen molar-refractivity contribution < 1.29 is 4.74 Å². The second-order valence-electron chi connectivity index (χ2n) is 6.85. The zero-order chi connectivity index (χ0) is 20.1. The molecule has 0 saturated heterocycles. The molecule has 6 heteroatoms. The second-order valence-corrected chi connectivity index (χ2v) is 7.72. The molecule has 148 valence electrons. The van der Waals surface area contributed by atoms with Crippen molar-refractivity contribution in [1.82, 2.24) is 14.3 Å². The van der Waals surface area contributed by atoms with Gasteiger partial charge in [0.15, 0.2) is 4.96 Å². The predicted molar refractivity (Wildman–Crippen MR) is 116 cm³/mol. The van der Waals surface area contributed by atoms with Gasteiger partial charge in [-0.3, -0.25) is 14.1 Å². The van der Waals surface area contributed by atoms with Crippen LogP contribution in [0.2, 0.25) is 0 Å². The van der Waals surface area contributed by atoms with E-state index < -0.39 is 0 Å². The molecular formula is C23H23N3O2S. The molecule has 0 spiro atoms. The zero-order valence-electron chi connectivity index (χ0n) is 16.3. The Morgan fingerprint density at radius 1 is 1.00 bits per heavy atom. The average molecular weight is 406 g/mol. The first-order valence-corrected chi connectivity index (χ1v) is 10.5. The molecule has 4 aromatic rings. The van der Waals surface area contributed by atoms with Crippen LogP contribution in [0.15, 0.2) is 77.0 Å². The van der Waals surface area contributed by atoms with Gasteiger partial charge in [0.25, 0.3) is 5.56 Å². The Morgan fingerprint density at radius 3 is 2.45 bits per heavy atom. The Morgan fingerprint density at radius 2 is 1.72 bits per heavy atom. The number of thiazole rings is 1. The number of hydrogen-bond donors (Lipinski definition) is 0. The lowest BCUT2D eigenvalue weighted by Crippen LogP contribution is -2.24. The summed E-state index contributed by atoms with van der Waals surface area (Å²) < 4.78 is 7.13. The molecule has 2 aromatic heterocycles. The van der Waals surface area contributed by atoms with E-state index in [2.05, 4.69) is 34.1 Å². The largest absolute Gasteiger partial charge is 0.494 e. The third-order valence-electron chi connectivity index (χ3n) is 4.63. The molecule has 0 aliphatic rings. The quantitative estimate of drug-likeness (QED) is 0.437. The van der Waals surface area contributed by atoms with E-state index in [0.717, 1.165) is 29.5 Å². The summed E-state index contributed by atoms with van der Waals surface area (Å²) in [6, 6.07) is 20.2. The Labute approximate surface area is 173 Å². The molecule has 0 saturated carbocycles. The molecule has 0 radical (unpaired) electrons. The van der Waals surface area contributed by atoms with E-state index in [1.165, 1.54) is 22.5 Å². The van der Waals surface area contributed by atoms with E-state index in [4.69, 9.17) is 4.74 Å². The smallest absolute Gasteiger partial charge is 0.258 e. The summed E-state index contributed by atoms with van der Waals surface area (Å²) in [6.07, 6.45) is 1.76. The van der Waals surface area contributed by atoms with Crippen LogP contribution in [0.25, 0.3) is 4.96 Å². The van der Waals surface area contributed by atoms with Gasteiger partial charge < -0.3 is 4.74 Å². The standard InChI is InChI=1S/C23H23N3O2S/c1-2-28-21-10-8-19(9-11-21)16-25(15-18-6-4-3-5-7-18)17-20-14-22(27)26-12-13-29-23(26)24-20/h3-14H,2,15-17H2,1H3. The summed E-state index contributed by atoms with van der Waals surface area (Å²) in [5.74, 6) is 0.878. The highest BCUT2D eigenvalue weighted by Crippen LogP contribution is 2.17. The van der Waals surface area contributed by atoms with Crippen LogP contribution < -0.4 is 10.3 Å². The van der Waals surface area contributed by atoms with Gasteiger partial charge in [-0.25, -0.2) is 4.98 Å². The summed E-state index contributed by atoms with van der Waals surface area (Å²) in [6.45, 7) is 4.78. The van der Waals surface area contributed by atoms with Gasteiger partial charge in [-0.05, 0) is 30.2 Å². The molecule has 2 aromatic carbocycles. The first kappa shape index (κ1) is 19.4. The van der Waals surface area contributed by atoms with Crippen molar-refractivity contribution in [2.24, 2.45) is 0 Å². The number of benzene rings is 2. The number of aromatic nitrogens is 2. The lowest BCUT2D eigenvalue weighted by molar-refractivity contribution is 0.244. The van der Waals surface area contributed by atoms with Crippen LogP contribution >= 0.6 is 11.3 Å². The van der Waals surface area contributed by atoms with Crippen LogP contribution in [-0.2, 0) is 19.6 Å². The minimum absolute atomic E-state index is 0.0352. The zero-order valence-corrected chi connectivity index (χ0v) is 17.1. The van der Waals surface area contributed by atoms with E-state index in [1.807, 2.05) is 42.6 Å². The molecule has 29 heavy (non-hydrogen) atoms. The van der Waals surface area contributed by atoms with Crippen LogP contribution in [-0.4, -0.2) is 20.9 Å². The topological polar surface area (TPSA) is 46.8 Å². The first-order chi connectivity index (χ1) is 14.2. The van der Waals surface area contributed by atoms with Crippen LogP contribution in [0.5, 0.6) is 5.75 Å². The molecule has 0 bridgehead atoms. The summed E-state index contributed by atoms with van der Waals surface area (Å²) >= 11 is 1.48. The minimum atomic E-state index is -0.0352. The molecule has 0 unspecified atom stereocenters. The molecular weight excluding hydrogens is 382 g/mol. The van der Waals surface area contributed by atoms with Crippen LogP contribution in [0.1, 0.15) is 23.7 Å². The fourth-order valence-corrected chi connectivity index (χ4v) is 4.06. The lowest BCUT2D eigenvalue weighted by atomic mass is 10.1. The van der Waals surface area contributed by atoms with Crippen LogP contribution in [0.3, 0.4) is 0 Å². The van der Waals surface area contributed by atoms with Gasteiger partial charge in [-0.1, -0.05) is 42.5 Å². The highest BCUT2D eigenvalue weighted by molar-refractivity contribution is 7.15. The highest BCUT2D eigenvalue weighted by Gasteiger charge is 2.12. The minimum Gasteiger partial charge on any atom is -0.494 e. The van der Waals surface area contributed by atoms with Crippen molar-refractivity contribution in [3.8, 4) is 5.75 Å². The summed E-state index contributed by atoms with van der Waals surface area (Å²) in [5, 5.41) is 1.88. The number of fused-ring (bicyclic) bond motifs is 1. The molecule has 4 rings (SSSR count).